The van der Waals surface area contributed by atoms with Gasteiger partial charge >= 0.3 is 11.9 Å². The zero-order valence-electron chi connectivity index (χ0n) is 10.5. The van der Waals surface area contributed by atoms with E-state index >= 15 is 0 Å². The van der Waals surface area contributed by atoms with Crippen molar-refractivity contribution in [2.24, 2.45) is 0 Å². The summed E-state index contributed by atoms with van der Waals surface area (Å²) in [7, 11) is 2.48. The zero-order chi connectivity index (χ0) is 13.5. The predicted molar refractivity (Wildman–Crippen MR) is 66.9 cm³/mol. The van der Waals surface area contributed by atoms with Crippen molar-refractivity contribution in [3.63, 3.8) is 0 Å². The van der Waals surface area contributed by atoms with Crippen LogP contribution in [0.2, 0.25) is 0 Å². The van der Waals surface area contributed by atoms with E-state index in [-0.39, 0.29) is 5.70 Å². The molecule has 0 aliphatic carbocycles. The molecule has 0 heterocycles. The number of nitrogens with one attached hydrogen (secondary N) is 1. The van der Waals surface area contributed by atoms with E-state index in [2.05, 4.69) is 14.8 Å². The van der Waals surface area contributed by atoms with Gasteiger partial charge in [-0.25, -0.2) is 9.59 Å². The van der Waals surface area contributed by atoms with E-state index in [4.69, 9.17) is 0 Å². The Kier molecular flexibility index (Phi) is 4.92. The Morgan fingerprint density at radius 2 is 1.72 bits per heavy atom. The van der Waals surface area contributed by atoms with Crippen LogP contribution in [0.1, 0.15) is 5.56 Å². The van der Waals surface area contributed by atoms with E-state index < -0.39 is 11.9 Å². The van der Waals surface area contributed by atoms with Gasteiger partial charge in [0.1, 0.15) is 5.70 Å². The van der Waals surface area contributed by atoms with Gasteiger partial charge in [0, 0.05) is 5.69 Å². The molecular formula is C13H15NO4. The number of hydrogen-bond donors (Lipinski definition) is 1. The summed E-state index contributed by atoms with van der Waals surface area (Å²) in [6.07, 6.45) is 1.05. The van der Waals surface area contributed by atoms with Crippen molar-refractivity contribution in [3.05, 3.63) is 41.6 Å². The van der Waals surface area contributed by atoms with Gasteiger partial charge in [0.05, 0.1) is 20.3 Å². The summed E-state index contributed by atoms with van der Waals surface area (Å²) in [6, 6.07) is 7.36. The third kappa shape index (κ3) is 3.93. The lowest BCUT2D eigenvalue weighted by atomic mass is 10.2. The van der Waals surface area contributed by atoms with E-state index in [0.29, 0.717) is 5.69 Å². The monoisotopic (exact) mass is 249 g/mol. The average molecular weight is 249 g/mol. The van der Waals surface area contributed by atoms with Gasteiger partial charge in [-0.15, -0.1) is 0 Å². The Balaban J connectivity index is 2.91. The van der Waals surface area contributed by atoms with Crippen LogP contribution in [0.4, 0.5) is 5.69 Å². The summed E-state index contributed by atoms with van der Waals surface area (Å²) in [5.74, 6) is -1.27. The highest BCUT2D eigenvalue weighted by atomic mass is 16.5. The van der Waals surface area contributed by atoms with Crippen LogP contribution in [-0.4, -0.2) is 26.2 Å². The van der Waals surface area contributed by atoms with Crippen LogP contribution in [0.5, 0.6) is 0 Å². The smallest absolute Gasteiger partial charge is 0.354 e. The molecule has 0 saturated heterocycles. The number of ether oxygens (including phenoxy) is 2. The number of hydrogen-bond acceptors (Lipinski definition) is 5. The first-order valence-corrected chi connectivity index (χ1v) is 5.28. The number of carbonyl (C=O) groups excluding carboxylic acids is 2. The number of aryl methyl sites for hydroxylation is 1. The molecule has 0 aromatic heterocycles. The number of esters is 2. The quantitative estimate of drug-likeness (QED) is 0.649. The molecule has 0 aliphatic heterocycles. The lowest BCUT2D eigenvalue weighted by Gasteiger charge is -2.09. The van der Waals surface area contributed by atoms with Crippen LogP contribution in [0.25, 0.3) is 0 Å². The first-order chi connectivity index (χ1) is 8.56. The Labute approximate surface area is 105 Å². The van der Waals surface area contributed by atoms with Crippen LogP contribution >= 0.6 is 0 Å². The maximum atomic E-state index is 11.5. The fourth-order valence-corrected chi connectivity index (χ4v) is 1.23. The molecule has 0 fully saturated rings. The van der Waals surface area contributed by atoms with E-state index in [1.54, 1.807) is 12.1 Å². The molecule has 5 heteroatoms. The second-order valence-corrected chi connectivity index (χ2v) is 3.56. The van der Waals surface area contributed by atoms with E-state index in [9.17, 15) is 9.59 Å². The van der Waals surface area contributed by atoms with Crippen molar-refractivity contribution in [1.82, 2.24) is 0 Å². The second-order valence-electron chi connectivity index (χ2n) is 3.56. The molecule has 0 aliphatic rings. The van der Waals surface area contributed by atoms with Crippen LogP contribution < -0.4 is 5.32 Å². The summed E-state index contributed by atoms with van der Waals surface area (Å²) in [5, 5.41) is 2.81. The lowest BCUT2D eigenvalue weighted by molar-refractivity contribution is -0.138. The third-order valence-electron chi connectivity index (χ3n) is 2.20. The predicted octanol–water partition coefficient (Wildman–Crippen LogP) is 1.64. The molecule has 1 aromatic rings. The highest BCUT2D eigenvalue weighted by molar-refractivity contribution is 5.98. The first-order valence-electron chi connectivity index (χ1n) is 5.28. The topological polar surface area (TPSA) is 64.6 Å². The molecule has 0 spiro atoms. The van der Waals surface area contributed by atoms with Gasteiger partial charge < -0.3 is 14.8 Å². The van der Waals surface area contributed by atoms with E-state index in [1.807, 2.05) is 19.1 Å². The molecule has 1 rings (SSSR count). The summed E-state index contributed by atoms with van der Waals surface area (Å²) in [4.78, 5) is 22.6. The van der Waals surface area contributed by atoms with Gasteiger partial charge in [-0.1, -0.05) is 17.7 Å². The molecule has 1 N–H and O–H groups in total. The van der Waals surface area contributed by atoms with Crippen molar-refractivity contribution in [3.8, 4) is 0 Å². The fraction of sp³-hybridized carbons (Fsp3) is 0.231. The molecule has 0 amide bonds. The number of methoxy groups -OCH3 is 2. The number of anilines is 1. The Bertz CT molecular complexity index is 462. The largest absolute Gasteiger partial charge is 0.466 e. The summed E-state index contributed by atoms with van der Waals surface area (Å²) in [5.41, 5.74) is 1.80. The minimum atomic E-state index is -0.638. The van der Waals surface area contributed by atoms with Gasteiger partial charge in [-0.3, -0.25) is 0 Å². The van der Waals surface area contributed by atoms with Gasteiger partial charge in [0.15, 0.2) is 0 Å². The standard InChI is InChI=1S/C13H15NO4/c1-9-4-6-10(7-5-9)14-11(13(16)18-3)8-12(15)17-2/h4-8,14H,1-3H3/b11-8+. The molecule has 0 bridgehead atoms. The Morgan fingerprint density at radius 1 is 1.11 bits per heavy atom. The highest BCUT2D eigenvalue weighted by Crippen LogP contribution is 2.12. The molecule has 0 unspecified atom stereocenters. The Hall–Kier alpha value is -2.30. The molecular weight excluding hydrogens is 234 g/mol. The normalized spacial score (nSPS) is 10.7. The number of benzene rings is 1. The van der Waals surface area contributed by atoms with E-state index in [1.165, 1.54) is 14.2 Å². The Morgan fingerprint density at radius 3 is 2.22 bits per heavy atom. The van der Waals surface area contributed by atoms with Gasteiger partial charge in [0.25, 0.3) is 0 Å². The maximum absolute atomic E-state index is 11.5. The molecule has 18 heavy (non-hydrogen) atoms. The average Bonchev–Trinajstić information content (AvgIpc) is 2.39. The van der Waals surface area contributed by atoms with Crippen LogP contribution in [0.15, 0.2) is 36.0 Å². The molecule has 0 atom stereocenters. The van der Waals surface area contributed by atoms with Crippen molar-refractivity contribution in [2.45, 2.75) is 6.92 Å². The van der Waals surface area contributed by atoms with Crippen molar-refractivity contribution >= 4 is 17.6 Å². The summed E-state index contributed by atoms with van der Waals surface area (Å²) < 4.78 is 9.05. The van der Waals surface area contributed by atoms with Gasteiger partial charge in [0.2, 0.25) is 0 Å². The lowest BCUT2D eigenvalue weighted by Crippen LogP contribution is -2.15. The second kappa shape index (κ2) is 6.44. The minimum Gasteiger partial charge on any atom is -0.466 e. The third-order valence-corrected chi connectivity index (χ3v) is 2.20. The molecule has 0 saturated carbocycles. The van der Waals surface area contributed by atoms with Gasteiger partial charge in [-0.2, -0.15) is 0 Å². The highest BCUT2D eigenvalue weighted by Gasteiger charge is 2.12. The SMILES string of the molecule is COC(=O)/C=C(/Nc1ccc(C)cc1)C(=O)OC. The van der Waals surface area contributed by atoms with E-state index in [0.717, 1.165) is 11.6 Å². The molecule has 96 valence electrons. The number of carbonyl (C=O) groups is 2. The minimum absolute atomic E-state index is 0.0215. The molecule has 0 radical (unpaired) electrons. The molecule has 1 aromatic carbocycles. The van der Waals surface area contributed by atoms with Crippen molar-refractivity contribution in [2.75, 3.05) is 19.5 Å². The van der Waals surface area contributed by atoms with Crippen molar-refractivity contribution in [1.29, 1.82) is 0 Å². The summed E-state index contributed by atoms with van der Waals surface area (Å²) in [6.45, 7) is 1.95. The summed E-state index contributed by atoms with van der Waals surface area (Å²) >= 11 is 0. The zero-order valence-corrected chi connectivity index (χ0v) is 10.5. The van der Waals surface area contributed by atoms with Crippen LogP contribution in [-0.2, 0) is 19.1 Å². The van der Waals surface area contributed by atoms with Gasteiger partial charge in [-0.05, 0) is 19.1 Å². The van der Waals surface area contributed by atoms with Crippen LogP contribution in [0, 0.1) is 6.92 Å². The fourth-order valence-electron chi connectivity index (χ4n) is 1.23. The van der Waals surface area contributed by atoms with Crippen molar-refractivity contribution < 1.29 is 19.1 Å². The molecule has 5 nitrogen and oxygen atoms in total. The number of rotatable bonds is 4. The van der Waals surface area contributed by atoms with Crippen LogP contribution in [0.3, 0.4) is 0 Å². The first kappa shape index (κ1) is 13.8. The maximum Gasteiger partial charge on any atom is 0.354 e.